The molecule has 7 nitrogen and oxygen atoms in total. The van der Waals surface area contributed by atoms with Crippen LogP contribution in [0.4, 0.5) is 0 Å². The lowest BCUT2D eigenvalue weighted by Crippen LogP contribution is -2.32. The largest absolute Gasteiger partial charge is 0.482 e. The van der Waals surface area contributed by atoms with Crippen LogP contribution in [0.3, 0.4) is 0 Å². The van der Waals surface area contributed by atoms with Crippen molar-refractivity contribution >= 4 is 27.3 Å². The van der Waals surface area contributed by atoms with Crippen LogP contribution in [0.5, 0.6) is 5.75 Å². The summed E-state index contributed by atoms with van der Waals surface area (Å²) in [6.07, 6.45) is 5.90. The Kier molecular flexibility index (Phi) is 6.77. The van der Waals surface area contributed by atoms with Crippen LogP contribution in [-0.2, 0) is 9.84 Å². The van der Waals surface area contributed by atoms with Gasteiger partial charge in [0, 0.05) is 34.2 Å². The molecular formula is C21H24ClN3O4S. The first-order valence-electron chi connectivity index (χ1n) is 9.58. The summed E-state index contributed by atoms with van der Waals surface area (Å²) < 4.78 is 28.6. The Bertz CT molecular complexity index is 1070. The van der Waals surface area contributed by atoms with Gasteiger partial charge in [0.05, 0.1) is 11.9 Å². The van der Waals surface area contributed by atoms with Crippen molar-refractivity contribution in [3.63, 3.8) is 0 Å². The maximum atomic E-state index is 12.4. The van der Waals surface area contributed by atoms with Gasteiger partial charge in [-0.1, -0.05) is 35.9 Å². The van der Waals surface area contributed by atoms with E-state index in [1.54, 1.807) is 13.8 Å². The van der Waals surface area contributed by atoms with Gasteiger partial charge < -0.3 is 10.1 Å². The summed E-state index contributed by atoms with van der Waals surface area (Å²) >= 11 is 6.36. The molecule has 3 rings (SSSR count). The number of aromatic nitrogens is 2. The van der Waals surface area contributed by atoms with Crippen molar-refractivity contribution in [2.24, 2.45) is 5.92 Å². The number of halogens is 1. The van der Waals surface area contributed by atoms with Gasteiger partial charge in [0.2, 0.25) is 5.82 Å². The third-order valence-corrected chi connectivity index (χ3v) is 5.62. The number of carbonyl (C=O) groups excluding carboxylic acids is 1. The molecule has 1 aliphatic rings. The lowest BCUT2D eigenvalue weighted by atomic mass is 10.1. The molecule has 0 aliphatic heterocycles. The maximum Gasteiger partial charge on any atom is 0.289 e. The van der Waals surface area contributed by atoms with E-state index in [0.717, 1.165) is 30.1 Å². The molecule has 2 aromatic rings. The number of ether oxygens (including phenoxy) is 1. The van der Waals surface area contributed by atoms with Gasteiger partial charge >= 0.3 is 0 Å². The van der Waals surface area contributed by atoms with Gasteiger partial charge in [0.25, 0.3) is 5.91 Å². The second kappa shape index (κ2) is 9.14. The number of nitrogens with zero attached hydrogens (tertiary/aromatic N) is 2. The minimum absolute atomic E-state index is 0.0137. The molecule has 0 bridgehead atoms. The first-order valence-corrected chi connectivity index (χ1v) is 11.9. The van der Waals surface area contributed by atoms with Crippen molar-refractivity contribution in [1.29, 1.82) is 0 Å². The van der Waals surface area contributed by atoms with Crippen molar-refractivity contribution < 1.29 is 17.9 Å². The molecule has 0 radical (unpaired) electrons. The van der Waals surface area contributed by atoms with Crippen LogP contribution in [0, 0.1) is 12.8 Å². The molecule has 1 aliphatic carbocycles. The van der Waals surface area contributed by atoms with E-state index in [4.69, 9.17) is 16.3 Å². The fraction of sp³-hybridized carbons (Fsp3) is 0.381. The van der Waals surface area contributed by atoms with Crippen LogP contribution in [0.1, 0.15) is 47.7 Å². The Labute approximate surface area is 181 Å². The zero-order valence-corrected chi connectivity index (χ0v) is 18.6. The third-order valence-electron chi connectivity index (χ3n) is 4.63. The monoisotopic (exact) mass is 449 g/mol. The highest BCUT2D eigenvalue weighted by Gasteiger charge is 2.35. The molecule has 0 spiro atoms. The van der Waals surface area contributed by atoms with Gasteiger partial charge in [-0.25, -0.2) is 18.4 Å². The van der Waals surface area contributed by atoms with E-state index in [1.165, 1.54) is 12.3 Å². The first kappa shape index (κ1) is 22.2. The molecule has 0 unspecified atom stereocenters. The topological polar surface area (TPSA) is 98.2 Å². The summed E-state index contributed by atoms with van der Waals surface area (Å²) in [7, 11) is -3.26. The van der Waals surface area contributed by atoms with Gasteiger partial charge in [0.15, 0.2) is 15.6 Å². The van der Waals surface area contributed by atoms with Gasteiger partial charge in [-0.15, -0.1) is 0 Å². The highest BCUT2D eigenvalue weighted by Crippen LogP contribution is 2.45. The SMILES string of the molecule is Cc1nc(C(=O)N[C@H](C)/C=C/S(C)(=O)=O)ncc1O[C@@H](c1ccccc1Cl)C1CC1. The van der Waals surface area contributed by atoms with E-state index in [2.05, 4.69) is 15.3 Å². The lowest BCUT2D eigenvalue weighted by molar-refractivity contribution is 0.0935. The Morgan fingerprint density at radius 3 is 2.63 bits per heavy atom. The molecule has 160 valence electrons. The van der Waals surface area contributed by atoms with Gasteiger partial charge in [-0.05, 0) is 32.8 Å². The number of rotatable bonds is 8. The zero-order valence-electron chi connectivity index (χ0n) is 17.0. The summed E-state index contributed by atoms with van der Waals surface area (Å²) in [4.78, 5) is 20.8. The van der Waals surface area contributed by atoms with Crippen molar-refractivity contribution in [2.45, 2.75) is 38.8 Å². The highest BCUT2D eigenvalue weighted by atomic mass is 35.5. The molecule has 1 heterocycles. The molecule has 1 N–H and O–H groups in total. The second-order valence-corrected chi connectivity index (χ2v) is 9.80. The molecule has 2 atom stereocenters. The number of benzene rings is 1. The predicted octanol–water partition coefficient (Wildman–Crippen LogP) is 3.65. The number of nitrogens with one attached hydrogen (secondary N) is 1. The van der Waals surface area contributed by atoms with Crippen LogP contribution < -0.4 is 10.1 Å². The van der Waals surface area contributed by atoms with E-state index >= 15 is 0 Å². The number of hydrogen-bond donors (Lipinski definition) is 1. The lowest BCUT2D eigenvalue weighted by Gasteiger charge is -2.21. The van der Waals surface area contributed by atoms with Gasteiger partial charge in [-0.2, -0.15) is 0 Å². The Morgan fingerprint density at radius 1 is 1.33 bits per heavy atom. The van der Waals surface area contributed by atoms with E-state index in [0.29, 0.717) is 22.4 Å². The minimum Gasteiger partial charge on any atom is -0.482 e. The molecule has 0 saturated heterocycles. The number of sulfone groups is 1. The standard InChI is InChI=1S/C21H24ClN3O4S/c1-13(10-11-30(3,27)28)24-21(26)20-23-12-18(14(2)25-20)29-19(15-8-9-15)16-6-4-5-7-17(16)22/h4-7,10-13,15,19H,8-9H2,1-3H3,(H,24,26)/b11-10+/t13-,19-/m1/s1. The molecule has 1 aromatic heterocycles. The van der Waals surface area contributed by atoms with Crippen molar-refractivity contribution in [1.82, 2.24) is 15.3 Å². The number of amides is 1. The highest BCUT2D eigenvalue weighted by molar-refractivity contribution is 7.93. The number of aryl methyl sites for hydroxylation is 1. The average molecular weight is 450 g/mol. The van der Waals surface area contributed by atoms with Gasteiger partial charge in [-0.3, -0.25) is 4.79 Å². The third kappa shape index (κ3) is 6.03. The zero-order chi connectivity index (χ0) is 21.9. The fourth-order valence-corrected chi connectivity index (χ4v) is 3.68. The van der Waals surface area contributed by atoms with E-state index in [1.807, 2.05) is 24.3 Å². The summed E-state index contributed by atoms with van der Waals surface area (Å²) in [6, 6.07) is 7.10. The van der Waals surface area contributed by atoms with Crippen molar-refractivity contribution in [3.05, 3.63) is 64.1 Å². The van der Waals surface area contributed by atoms with E-state index in [-0.39, 0.29) is 11.9 Å². The number of carbonyl (C=O) groups is 1. The molecule has 1 amide bonds. The van der Waals surface area contributed by atoms with Gasteiger partial charge in [0.1, 0.15) is 6.10 Å². The Morgan fingerprint density at radius 2 is 2.03 bits per heavy atom. The summed E-state index contributed by atoms with van der Waals surface area (Å²) in [5, 5.41) is 4.35. The van der Waals surface area contributed by atoms with Crippen molar-refractivity contribution in [2.75, 3.05) is 6.26 Å². The Hall–Kier alpha value is -2.45. The first-order chi connectivity index (χ1) is 14.1. The fourth-order valence-electron chi connectivity index (χ4n) is 2.92. The summed E-state index contributed by atoms with van der Waals surface area (Å²) in [6.45, 7) is 3.41. The minimum atomic E-state index is -3.26. The second-order valence-electron chi connectivity index (χ2n) is 7.46. The molecule has 1 saturated carbocycles. The van der Waals surface area contributed by atoms with Crippen LogP contribution in [0.25, 0.3) is 0 Å². The Balaban J connectivity index is 1.72. The van der Waals surface area contributed by atoms with Crippen LogP contribution in [0.15, 0.2) is 41.9 Å². The van der Waals surface area contributed by atoms with Crippen LogP contribution in [0.2, 0.25) is 5.02 Å². The maximum absolute atomic E-state index is 12.4. The predicted molar refractivity (Wildman–Crippen MR) is 115 cm³/mol. The van der Waals surface area contributed by atoms with Crippen molar-refractivity contribution in [3.8, 4) is 5.75 Å². The van der Waals surface area contributed by atoms with Crippen LogP contribution in [-0.4, -0.2) is 36.6 Å². The smallest absolute Gasteiger partial charge is 0.289 e. The summed E-state index contributed by atoms with van der Waals surface area (Å²) in [5.41, 5.74) is 1.46. The normalized spacial score (nSPS) is 16.3. The van der Waals surface area contributed by atoms with E-state index < -0.39 is 21.8 Å². The van der Waals surface area contributed by atoms with Crippen LogP contribution >= 0.6 is 11.6 Å². The molecule has 1 aromatic carbocycles. The van der Waals surface area contributed by atoms with E-state index in [9.17, 15) is 13.2 Å². The molecule has 9 heteroatoms. The molecule has 1 fully saturated rings. The average Bonchev–Trinajstić information content (AvgIpc) is 3.51. The molecular weight excluding hydrogens is 426 g/mol. The summed E-state index contributed by atoms with van der Waals surface area (Å²) in [5.74, 6) is 0.364. The quantitative estimate of drug-likeness (QED) is 0.660. The number of hydrogen-bond acceptors (Lipinski definition) is 6. The molecule has 30 heavy (non-hydrogen) atoms.